The van der Waals surface area contributed by atoms with Gasteiger partial charge in [-0.05, 0) is 11.6 Å². The Morgan fingerprint density at radius 1 is 1.27 bits per heavy atom. The van der Waals surface area contributed by atoms with Crippen LogP contribution in [0.3, 0.4) is 0 Å². The molecule has 2 heterocycles. The molecule has 0 bridgehead atoms. The van der Waals surface area contributed by atoms with Crippen LogP contribution < -0.4 is 5.73 Å². The standard InChI is InChI=1S/C17H22N2O7/c18-9(17(24)25)5-8-7-3-1-2-4-10(7)19-12(8)16-15(23)14(22)13(21)11(6-20)26-16/h1-4,9,11,13-16,19-23H,5-6,18H2,(H,24,25)/t9-,11+,13+,14-,15-,16+/m0/s1/i1D,2D,3D,4D. The number of carbonyl (C=O) groups is 1. The number of H-pyrrole nitrogens is 1. The molecule has 6 atom stereocenters. The maximum atomic E-state index is 11.3. The molecule has 9 nitrogen and oxygen atoms in total. The molecule has 26 heavy (non-hydrogen) atoms. The minimum atomic E-state index is -1.71. The number of carboxylic acid groups (broad SMARTS) is 1. The highest BCUT2D eigenvalue weighted by atomic mass is 16.5. The number of ether oxygens (including phenoxy) is 1. The predicted octanol–water partition coefficient (Wildman–Crippen LogP) is -1.36. The van der Waals surface area contributed by atoms with Crippen molar-refractivity contribution < 1.29 is 40.5 Å². The number of fused-ring (bicyclic) bond motifs is 1. The van der Waals surface area contributed by atoms with Crippen molar-refractivity contribution in [3.8, 4) is 0 Å². The van der Waals surface area contributed by atoms with Crippen LogP contribution in [0, 0.1) is 0 Å². The molecule has 1 saturated heterocycles. The smallest absolute Gasteiger partial charge is 0.320 e. The van der Waals surface area contributed by atoms with Gasteiger partial charge in [0.2, 0.25) is 0 Å². The third-order valence-electron chi connectivity index (χ3n) is 4.49. The number of aliphatic carboxylic acids is 1. The molecule has 3 rings (SSSR count). The van der Waals surface area contributed by atoms with E-state index in [1.165, 1.54) is 0 Å². The van der Waals surface area contributed by atoms with Gasteiger partial charge in [-0.15, -0.1) is 0 Å². The molecule has 8 N–H and O–H groups in total. The summed E-state index contributed by atoms with van der Waals surface area (Å²) in [5, 5.41) is 49.2. The van der Waals surface area contributed by atoms with Crippen molar-refractivity contribution in [2.24, 2.45) is 5.73 Å². The van der Waals surface area contributed by atoms with Crippen LogP contribution in [0.25, 0.3) is 10.9 Å². The van der Waals surface area contributed by atoms with Gasteiger partial charge in [0.05, 0.1) is 17.8 Å². The number of aromatic nitrogens is 1. The SMILES string of the molecule is [2H]c1c([2H])c([2H])c2c(C[C@H](N)C(=O)O)c([C@H]3O[C@H](CO)[C@@H](O)[C@H](O)[C@@H]3O)[nH]c2c1[2H]. The third kappa shape index (κ3) is 3.20. The zero-order chi connectivity index (χ0) is 22.5. The lowest BCUT2D eigenvalue weighted by atomic mass is 9.90. The molecule has 2 aromatic rings. The summed E-state index contributed by atoms with van der Waals surface area (Å²) in [6.07, 6.45) is -8.05. The van der Waals surface area contributed by atoms with E-state index in [0.717, 1.165) is 0 Å². The van der Waals surface area contributed by atoms with E-state index in [4.69, 9.17) is 16.0 Å². The highest BCUT2D eigenvalue weighted by Gasteiger charge is 2.45. The number of nitrogens with one attached hydrogen (secondary N) is 1. The Labute approximate surface area is 154 Å². The summed E-state index contributed by atoms with van der Waals surface area (Å²) in [6.45, 7) is -0.688. The van der Waals surface area contributed by atoms with E-state index in [0.29, 0.717) is 0 Å². The monoisotopic (exact) mass is 370 g/mol. The molecule has 0 saturated carbocycles. The normalized spacial score (nSPS) is 32.6. The molecule has 0 unspecified atom stereocenters. The number of hydrogen-bond acceptors (Lipinski definition) is 7. The van der Waals surface area contributed by atoms with Crippen molar-refractivity contribution in [2.75, 3.05) is 6.61 Å². The Morgan fingerprint density at radius 3 is 2.62 bits per heavy atom. The lowest BCUT2D eigenvalue weighted by Gasteiger charge is -2.40. The van der Waals surface area contributed by atoms with Crippen molar-refractivity contribution in [3.63, 3.8) is 0 Å². The van der Waals surface area contributed by atoms with Crippen molar-refractivity contribution in [2.45, 2.75) is 43.0 Å². The van der Waals surface area contributed by atoms with Gasteiger partial charge in [0, 0.05) is 17.3 Å². The van der Waals surface area contributed by atoms with Crippen molar-refractivity contribution in [1.29, 1.82) is 0 Å². The molecule has 0 aliphatic carbocycles. The number of para-hydroxylation sites is 1. The lowest BCUT2D eigenvalue weighted by Crippen LogP contribution is -2.55. The van der Waals surface area contributed by atoms with Gasteiger partial charge in [-0.1, -0.05) is 18.1 Å². The Hall–Kier alpha value is -2.01. The number of aliphatic hydroxyl groups is 4. The average Bonchev–Trinajstić information content (AvgIpc) is 3.08. The third-order valence-corrected chi connectivity index (χ3v) is 4.49. The molecule has 1 aliphatic rings. The first kappa shape index (κ1) is 14.1. The minimum Gasteiger partial charge on any atom is -0.480 e. The summed E-state index contributed by atoms with van der Waals surface area (Å²) in [5.41, 5.74) is 5.64. The maximum absolute atomic E-state index is 11.3. The van der Waals surface area contributed by atoms with Gasteiger partial charge < -0.3 is 41.0 Å². The van der Waals surface area contributed by atoms with Gasteiger partial charge in [0.25, 0.3) is 0 Å². The molecule has 142 valence electrons. The number of hydrogen-bond donors (Lipinski definition) is 7. The molecule has 1 fully saturated rings. The summed E-state index contributed by atoms with van der Waals surface area (Å²) in [5.74, 6) is -1.36. The lowest BCUT2D eigenvalue weighted by molar-refractivity contribution is -0.232. The first-order chi connectivity index (χ1) is 14.0. The van der Waals surface area contributed by atoms with Gasteiger partial charge in [0.1, 0.15) is 36.6 Å². The molecular weight excluding hydrogens is 344 g/mol. The van der Waals surface area contributed by atoms with Crippen LogP contribution in [0.15, 0.2) is 24.2 Å². The van der Waals surface area contributed by atoms with Crippen LogP contribution in [0.1, 0.15) is 22.8 Å². The molecular formula is C17H22N2O7. The summed E-state index contributed by atoms with van der Waals surface area (Å²) in [6, 6.07) is -3.37. The fraction of sp³-hybridized carbons (Fsp3) is 0.471. The van der Waals surface area contributed by atoms with E-state index in [1.807, 2.05) is 0 Å². The molecule has 1 aliphatic heterocycles. The molecule has 0 radical (unpaired) electrons. The van der Waals surface area contributed by atoms with Crippen LogP contribution in [0.2, 0.25) is 0 Å². The van der Waals surface area contributed by atoms with Crippen LogP contribution in [0.4, 0.5) is 0 Å². The largest absolute Gasteiger partial charge is 0.480 e. The number of nitrogens with two attached hydrogens (primary N) is 1. The highest BCUT2D eigenvalue weighted by molar-refractivity contribution is 5.86. The Balaban J connectivity index is 2.26. The summed E-state index contributed by atoms with van der Waals surface area (Å²) in [4.78, 5) is 14.1. The number of aliphatic hydroxyl groups excluding tert-OH is 4. The van der Waals surface area contributed by atoms with Gasteiger partial charge in [0.15, 0.2) is 0 Å². The topological polar surface area (TPSA) is 169 Å². The van der Waals surface area contributed by atoms with Crippen molar-refractivity contribution >= 4 is 16.9 Å². The Bertz CT molecular complexity index is 983. The molecule has 0 spiro atoms. The van der Waals surface area contributed by atoms with Gasteiger partial charge >= 0.3 is 5.97 Å². The fourth-order valence-corrected chi connectivity index (χ4v) is 3.08. The number of rotatable bonds is 5. The zero-order valence-corrected chi connectivity index (χ0v) is 13.5. The van der Waals surface area contributed by atoms with E-state index in [9.17, 15) is 30.3 Å². The maximum Gasteiger partial charge on any atom is 0.320 e. The van der Waals surface area contributed by atoms with E-state index in [1.54, 1.807) is 0 Å². The molecule has 1 aromatic carbocycles. The van der Waals surface area contributed by atoms with Gasteiger partial charge in [-0.25, -0.2) is 0 Å². The van der Waals surface area contributed by atoms with Crippen LogP contribution in [-0.4, -0.2) is 73.6 Å². The summed E-state index contributed by atoms with van der Waals surface area (Å²) in [7, 11) is 0. The quantitative estimate of drug-likeness (QED) is 0.338. The van der Waals surface area contributed by atoms with E-state index in [2.05, 4.69) is 4.98 Å². The number of aromatic amines is 1. The second-order valence-electron chi connectivity index (χ2n) is 6.17. The van der Waals surface area contributed by atoms with Gasteiger partial charge in [-0.2, -0.15) is 0 Å². The van der Waals surface area contributed by atoms with Crippen LogP contribution in [0.5, 0.6) is 0 Å². The van der Waals surface area contributed by atoms with Crippen LogP contribution >= 0.6 is 0 Å². The first-order valence-electron chi connectivity index (χ1n) is 9.90. The predicted molar refractivity (Wildman–Crippen MR) is 90.3 cm³/mol. The first-order valence-corrected chi connectivity index (χ1v) is 7.90. The number of benzene rings is 1. The summed E-state index contributed by atoms with van der Waals surface area (Å²) < 4.78 is 37.6. The van der Waals surface area contributed by atoms with Crippen molar-refractivity contribution in [3.05, 3.63) is 35.4 Å². The highest BCUT2D eigenvalue weighted by Crippen LogP contribution is 2.36. The van der Waals surface area contributed by atoms with E-state index >= 15 is 0 Å². The van der Waals surface area contributed by atoms with E-state index in [-0.39, 0.29) is 28.6 Å². The molecule has 0 amide bonds. The van der Waals surface area contributed by atoms with Crippen molar-refractivity contribution in [1.82, 2.24) is 4.98 Å². The Kier molecular flexibility index (Phi) is 3.97. The molecule has 9 heteroatoms. The van der Waals surface area contributed by atoms with Crippen LogP contribution in [-0.2, 0) is 16.0 Å². The second kappa shape index (κ2) is 7.31. The van der Waals surface area contributed by atoms with E-state index < -0.39 is 73.3 Å². The Morgan fingerprint density at radius 2 is 1.96 bits per heavy atom. The number of carboxylic acids is 1. The molecule has 1 aromatic heterocycles. The summed E-state index contributed by atoms with van der Waals surface area (Å²) >= 11 is 0. The minimum absolute atomic E-state index is 0.0226. The van der Waals surface area contributed by atoms with Gasteiger partial charge in [-0.3, -0.25) is 4.79 Å². The fourth-order valence-electron chi connectivity index (χ4n) is 3.08. The zero-order valence-electron chi connectivity index (χ0n) is 17.5. The average molecular weight is 370 g/mol. The second-order valence-corrected chi connectivity index (χ2v) is 6.17.